The molecule has 0 radical (unpaired) electrons. The van der Waals surface area contributed by atoms with Gasteiger partial charge in [0.25, 0.3) is 5.24 Å². The van der Waals surface area contributed by atoms with Crippen LogP contribution in [0.3, 0.4) is 0 Å². The maximum absolute atomic E-state index is 11.2. The minimum atomic E-state index is -0.979. The van der Waals surface area contributed by atoms with Crippen molar-refractivity contribution < 1.29 is 14.3 Å². The highest BCUT2D eigenvalue weighted by Gasteiger charge is 2.63. The number of halogens is 1. The Morgan fingerprint density at radius 1 is 1.58 bits per heavy atom. The van der Waals surface area contributed by atoms with Crippen molar-refractivity contribution in [2.24, 2.45) is 5.41 Å². The summed E-state index contributed by atoms with van der Waals surface area (Å²) in [6.45, 7) is 1.82. The van der Waals surface area contributed by atoms with Crippen molar-refractivity contribution >= 4 is 22.8 Å². The molecule has 2 bridgehead atoms. The van der Waals surface area contributed by atoms with Crippen LogP contribution in [0.15, 0.2) is 0 Å². The molecule has 0 unspecified atom stereocenters. The Labute approximate surface area is 75.0 Å². The molecule has 4 heteroatoms. The third-order valence-corrected chi connectivity index (χ3v) is 3.24. The van der Waals surface area contributed by atoms with Gasteiger partial charge >= 0.3 is 5.97 Å². The summed E-state index contributed by atoms with van der Waals surface area (Å²) >= 11 is 5.38. The third kappa shape index (κ3) is 0.774. The van der Waals surface area contributed by atoms with Gasteiger partial charge in [-0.15, -0.1) is 0 Å². The molecule has 0 spiro atoms. The first kappa shape index (κ1) is 8.05. The average molecular weight is 189 g/mol. The average Bonchev–Trinajstić information content (AvgIpc) is 2.41. The fourth-order valence-corrected chi connectivity index (χ4v) is 2.25. The quantitative estimate of drug-likeness (QED) is 0.459. The Morgan fingerprint density at radius 2 is 2.25 bits per heavy atom. The van der Waals surface area contributed by atoms with Gasteiger partial charge in [0, 0.05) is 6.42 Å². The van der Waals surface area contributed by atoms with Crippen molar-refractivity contribution in [2.75, 3.05) is 0 Å². The lowest BCUT2D eigenvalue weighted by atomic mass is 9.90. The number of rotatable bonds is 1. The van der Waals surface area contributed by atoms with E-state index in [2.05, 4.69) is 0 Å². The number of ether oxygens (including phenoxy) is 1. The van der Waals surface area contributed by atoms with Crippen molar-refractivity contribution in [2.45, 2.75) is 31.8 Å². The van der Waals surface area contributed by atoms with Crippen LogP contribution in [0.4, 0.5) is 0 Å². The summed E-state index contributed by atoms with van der Waals surface area (Å²) in [5, 5.41) is -0.530. The van der Waals surface area contributed by atoms with Crippen molar-refractivity contribution in [3.8, 4) is 0 Å². The molecule has 0 aromatic carbocycles. The Bertz CT molecular complexity index is 275. The highest BCUT2D eigenvalue weighted by molar-refractivity contribution is 6.65. The molecule has 0 N–H and O–H groups in total. The number of hydrogen-bond donors (Lipinski definition) is 0. The molecule has 1 aliphatic heterocycles. The first-order valence-corrected chi connectivity index (χ1v) is 4.30. The molecule has 2 atom stereocenters. The largest absolute Gasteiger partial charge is 0.449 e. The molecule has 1 saturated heterocycles. The fraction of sp³-hybridized carbons (Fsp3) is 0.750. The van der Waals surface area contributed by atoms with E-state index in [1.54, 1.807) is 0 Å². The summed E-state index contributed by atoms with van der Waals surface area (Å²) in [6, 6.07) is 0. The minimum Gasteiger partial charge on any atom is -0.449 e. The van der Waals surface area contributed by atoms with E-state index < -0.39 is 16.3 Å². The topological polar surface area (TPSA) is 43.4 Å². The molecular formula is C8H9ClO3. The monoisotopic (exact) mass is 188 g/mol. The summed E-state index contributed by atoms with van der Waals surface area (Å²) < 4.78 is 4.99. The van der Waals surface area contributed by atoms with Crippen LogP contribution < -0.4 is 0 Å². The predicted molar refractivity (Wildman–Crippen MR) is 41.6 cm³/mol. The summed E-state index contributed by atoms with van der Waals surface area (Å²) in [7, 11) is 0. The second-order valence-electron chi connectivity index (χ2n) is 3.89. The third-order valence-electron chi connectivity index (χ3n) is 2.90. The molecule has 0 aromatic rings. The number of carbonyl (C=O) groups is 2. The van der Waals surface area contributed by atoms with Crippen molar-refractivity contribution in [3.63, 3.8) is 0 Å². The van der Waals surface area contributed by atoms with Gasteiger partial charge in [-0.3, -0.25) is 9.59 Å². The SMILES string of the molecule is C[C@@]12CC[C@@](C(=O)Cl)(C1)OC2=O. The molecule has 2 aliphatic rings. The van der Waals surface area contributed by atoms with Gasteiger partial charge in [0.1, 0.15) is 0 Å². The molecule has 3 nitrogen and oxygen atoms in total. The minimum absolute atomic E-state index is 0.275. The van der Waals surface area contributed by atoms with E-state index in [4.69, 9.17) is 16.3 Å². The van der Waals surface area contributed by atoms with E-state index >= 15 is 0 Å². The summed E-state index contributed by atoms with van der Waals surface area (Å²) in [5.74, 6) is -0.275. The molecule has 2 rings (SSSR count). The Hall–Kier alpha value is -0.570. The van der Waals surface area contributed by atoms with E-state index in [1.165, 1.54) is 0 Å². The number of esters is 1. The Morgan fingerprint density at radius 3 is 2.50 bits per heavy atom. The van der Waals surface area contributed by atoms with Crippen LogP contribution >= 0.6 is 11.6 Å². The highest BCUT2D eigenvalue weighted by atomic mass is 35.5. The maximum Gasteiger partial charge on any atom is 0.313 e. The molecule has 66 valence electrons. The number of fused-ring (bicyclic) bond motifs is 2. The lowest BCUT2D eigenvalue weighted by Gasteiger charge is -2.22. The van der Waals surface area contributed by atoms with E-state index in [-0.39, 0.29) is 5.97 Å². The van der Waals surface area contributed by atoms with Gasteiger partial charge in [-0.05, 0) is 31.4 Å². The van der Waals surface area contributed by atoms with Gasteiger partial charge in [0.15, 0.2) is 5.60 Å². The highest BCUT2D eigenvalue weighted by Crippen LogP contribution is 2.54. The lowest BCUT2D eigenvalue weighted by Crippen LogP contribution is -2.35. The second kappa shape index (κ2) is 2.02. The smallest absolute Gasteiger partial charge is 0.313 e. The van der Waals surface area contributed by atoms with Gasteiger partial charge < -0.3 is 4.74 Å². The standard InChI is InChI=1S/C8H9ClO3/c1-7-2-3-8(4-7,5(9)10)12-6(7)11/h2-4H2,1H3/t7-,8+/m1/s1. The second-order valence-corrected chi connectivity index (χ2v) is 4.24. The molecule has 1 heterocycles. The first-order valence-electron chi connectivity index (χ1n) is 3.92. The van der Waals surface area contributed by atoms with Gasteiger partial charge in [-0.25, -0.2) is 0 Å². The van der Waals surface area contributed by atoms with Gasteiger partial charge in [0.2, 0.25) is 0 Å². The lowest BCUT2D eigenvalue weighted by molar-refractivity contribution is -0.163. The Kier molecular flexibility index (Phi) is 1.35. The normalized spacial score (nSPS) is 44.7. The maximum atomic E-state index is 11.2. The summed E-state index contributed by atoms with van der Waals surface area (Å²) in [5.41, 5.74) is -1.43. The van der Waals surface area contributed by atoms with Crippen LogP contribution in [0.5, 0.6) is 0 Å². The fourth-order valence-electron chi connectivity index (χ4n) is 2.05. The first-order chi connectivity index (χ1) is 5.49. The molecule has 1 aliphatic carbocycles. The van der Waals surface area contributed by atoms with Crippen LogP contribution in [0.25, 0.3) is 0 Å². The molecular weight excluding hydrogens is 180 g/mol. The van der Waals surface area contributed by atoms with Crippen molar-refractivity contribution in [3.05, 3.63) is 0 Å². The van der Waals surface area contributed by atoms with E-state index in [1.807, 2.05) is 6.92 Å². The molecule has 12 heavy (non-hydrogen) atoms. The zero-order valence-corrected chi connectivity index (χ0v) is 7.48. The van der Waals surface area contributed by atoms with E-state index in [0.717, 1.165) is 0 Å². The number of hydrogen-bond acceptors (Lipinski definition) is 3. The van der Waals surface area contributed by atoms with Gasteiger partial charge in [-0.1, -0.05) is 0 Å². The van der Waals surface area contributed by atoms with Crippen LogP contribution in [-0.4, -0.2) is 16.8 Å². The summed E-state index contributed by atoms with van der Waals surface area (Å²) in [4.78, 5) is 22.2. The van der Waals surface area contributed by atoms with Gasteiger partial charge in [0.05, 0.1) is 5.41 Å². The molecule has 2 fully saturated rings. The molecule has 0 aromatic heterocycles. The zero-order valence-electron chi connectivity index (χ0n) is 6.72. The van der Waals surface area contributed by atoms with Gasteiger partial charge in [-0.2, -0.15) is 0 Å². The van der Waals surface area contributed by atoms with E-state index in [0.29, 0.717) is 19.3 Å². The number of carbonyl (C=O) groups excluding carboxylic acids is 2. The van der Waals surface area contributed by atoms with Crippen LogP contribution in [0.1, 0.15) is 26.2 Å². The van der Waals surface area contributed by atoms with Crippen LogP contribution in [0, 0.1) is 5.41 Å². The zero-order chi connectivity index (χ0) is 8.98. The molecule has 1 saturated carbocycles. The van der Waals surface area contributed by atoms with Crippen molar-refractivity contribution in [1.82, 2.24) is 0 Å². The summed E-state index contributed by atoms with van der Waals surface area (Å²) in [6.07, 6.45) is 1.75. The predicted octanol–water partition coefficient (Wildman–Crippen LogP) is 1.24. The Balaban J connectivity index is 2.37. The van der Waals surface area contributed by atoms with E-state index in [9.17, 15) is 9.59 Å². The van der Waals surface area contributed by atoms with Crippen LogP contribution in [-0.2, 0) is 14.3 Å². The van der Waals surface area contributed by atoms with Crippen LogP contribution in [0.2, 0.25) is 0 Å². The molecule has 0 amide bonds. The van der Waals surface area contributed by atoms with Crippen molar-refractivity contribution in [1.29, 1.82) is 0 Å².